The van der Waals surface area contributed by atoms with Crippen molar-refractivity contribution in [2.45, 2.75) is 45.7 Å². The molecule has 0 spiro atoms. The van der Waals surface area contributed by atoms with Gasteiger partial charge >= 0.3 is 0 Å². The molecule has 21 heavy (non-hydrogen) atoms. The van der Waals surface area contributed by atoms with Crippen molar-refractivity contribution in [3.63, 3.8) is 0 Å². The van der Waals surface area contributed by atoms with Gasteiger partial charge in [-0.3, -0.25) is 0 Å². The molecule has 0 atom stereocenters. The number of hydrogen-bond donors (Lipinski definition) is 1. The van der Waals surface area contributed by atoms with Crippen LogP contribution in [0.5, 0.6) is 0 Å². The van der Waals surface area contributed by atoms with Gasteiger partial charge in [0.15, 0.2) is 0 Å². The van der Waals surface area contributed by atoms with Gasteiger partial charge in [0.2, 0.25) is 0 Å². The molecule has 1 N–H and O–H groups in total. The predicted molar refractivity (Wildman–Crippen MR) is 90.3 cm³/mol. The Morgan fingerprint density at radius 3 is 2.62 bits per heavy atom. The number of hydrogen-bond acceptors (Lipinski definition) is 1. The summed E-state index contributed by atoms with van der Waals surface area (Å²) in [4.78, 5) is 0. The lowest BCUT2D eigenvalue weighted by molar-refractivity contribution is 0.647. The summed E-state index contributed by atoms with van der Waals surface area (Å²) in [6.45, 7) is 5.54. The summed E-state index contributed by atoms with van der Waals surface area (Å²) in [5.74, 6) is 0.701. The molecule has 0 bridgehead atoms. The molecule has 0 heterocycles. The van der Waals surface area contributed by atoms with E-state index in [0.717, 1.165) is 19.0 Å². The van der Waals surface area contributed by atoms with Crippen LogP contribution in [0.2, 0.25) is 0 Å². The van der Waals surface area contributed by atoms with Crippen LogP contribution in [0.15, 0.2) is 48.5 Å². The highest BCUT2D eigenvalue weighted by atomic mass is 14.9. The zero-order valence-electron chi connectivity index (χ0n) is 13.1. The third-order valence-electron chi connectivity index (χ3n) is 4.06. The Balaban J connectivity index is 1.84. The molecule has 0 amide bonds. The van der Waals surface area contributed by atoms with Gasteiger partial charge in [-0.2, -0.15) is 0 Å². The maximum atomic E-state index is 3.63. The van der Waals surface area contributed by atoms with Crippen LogP contribution in [0.4, 0.5) is 0 Å². The van der Waals surface area contributed by atoms with Crippen molar-refractivity contribution < 1.29 is 0 Å². The van der Waals surface area contributed by atoms with Crippen molar-refractivity contribution in [1.82, 2.24) is 5.32 Å². The standard InChI is InChI=1S/C20H25N/c1-15(2)12-16-6-5-8-17(13-16)20-9-4-3-7-18(20)14-21-19-10-11-19/h3-9,13,15,19,21H,10-12,14H2,1-2H3. The van der Waals surface area contributed by atoms with Crippen molar-refractivity contribution in [2.75, 3.05) is 0 Å². The van der Waals surface area contributed by atoms with E-state index >= 15 is 0 Å². The fourth-order valence-corrected chi connectivity index (χ4v) is 2.84. The van der Waals surface area contributed by atoms with Crippen LogP contribution in [0.25, 0.3) is 11.1 Å². The van der Waals surface area contributed by atoms with Crippen LogP contribution in [0, 0.1) is 5.92 Å². The highest BCUT2D eigenvalue weighted by molar-refractivity contribution is 5.68. The van der Waals surface area contributed by atoms with Gasteiger partial charge in [-0.1, -0.05) is 62.4 Å². The fourth-order valence-electron chi connectivity index (χ4n) is 2.84. The molecule has 0 aliphatic heterocycles. The average Bonchev–Trinajstić information content (AvgIpc) is 3.29. The lowest BCUT2D eigenvalue weighted by Crippen LogP contribution is -2.15. The summed E-state index contributed by atoms with van der Waals surface area (Å²) in [7, 11) is 0. The molecule has 1 fully saturated rings. The quantitative estimate of drug-likeness (QED) is 0.800. The highest BCUT2D eigenvalue weighted by Gasteiger charge is 2.20. The summed E-state index contributed by atoms with van der Waals surface area (Å²) < 4.78 is 0. The van der Waals surface area contributed by atoms with Gasteiger partial charge in [-0.05, 0) is 47.4 Å². The lowest BCUT2D eigenvalue weighted by Gasteiger charge is -2.12. The topological polar surface area (TPSA) is 12.0 Å². The Hall–Kier alpha value is -1.60. The van der Waals surface area contributed by atoms with Crippen LogP contribution in [-0.4, -0.2) is 6.04 Å². The first-order valence-electron chi connectivity index (χ1n) is 8.13. The molecule has 0 radical (unpaired) electrons. The molecular formula is C20H25N. The minimum absolute atomic E-state index is 0.701. The Bertz CT molecular complexity index is 596. The van der Waals surface area contributed by atoms with Crippen molar-refractivity contribution in [1.29, 1.82) is 0 Å². The lowest BCUT2D eigenvalue weighted by atomic mass is 9.95. The van der Waals surface area contributed by atoms with Gasteiger partial charge in [-0.25, -0.2) is 0 Å². The second-order valence-corrected chi connectivity index (χ2v) is 6.61. The minimum atomic E-state index is 0.701. The zero-order chi connectivity index (χ0) is 14.7. The van der Waals surface area contributed by atoms with Crippen LogP contribution in [-0.2, 0) is 13.0 Å². The second-order valence-electron chi connectivity index (χ2n) is 6.61. The van der Waals surface area contributed by atoms with Gasteiger partial charge in [0.25, 0.3) is 0 Å². The average molecular weight is 279 g/mol. The summed E-state index contributed by atoms with van der Waals surface area (Å²) in [6, 6.07) is 18.6. The van der Waals surface area contributed by atoms with Gasteiger partial charge in [-0.15, -0.1) is 0 Å². The van der Waals surface area contributed by atoms with E-state index in [-0.39, 0.29) is 0 Å². The monoisotopic (exact) mass is 279 g/mol. The molecule has 0 aromatic heterocycles. The van der Waals surface area contributed by atoms with Gasteiger partial charge < -0.3 is 5.32 Å². The second kappa shape index (κ2) is 6.44. The van der Waals surface area contributed by atoms with Crippen LogP contribution in [0.3, 0.4) is 0 Å². The molecule has 3 rings (SSSR count). The van der Waals surface area contributed by atoms with E-state index < -0.39 is 0 Å². The van der Waals surface area contributed by atoms with Crippen molar-refractivity contribution in [3.05, 3.63) is 59.7 Å². The SMILES string of the molecule is CC(C)Cc1cccc(-c2ccccc2CNC2CC2)c1. The largest absolute Gasteiger partial charge is 0.310 e. The molecule has 1 aliphatic rings. The van der Waals surface area contributed by atoms with E-state index in [0.29, 0.717) is 5.92 Å². The first kappa shape index (κ1) is 14.3. The molecular weight excluding hydrogens is 254 g/mol. The Morgan fingerprint density at radius 1 is 1.05 bits per heavy atom. The number of benzene rings is 2. The first-order chi connectivity index (χ1) is 10.2. The van der Waals surface area contributed by atoms with E-state index in [4.69, 9.17) is 0 Å². The summed E-state index contributed by atoms with van der Waals surface area (Å²) in [5, 5.41) is 3.63. The molecule has 2 aromatic carbocycles. The van der Waals surface area contributed by atoms with Crippen molar-refractivity contribution in [2.24, 2.45) is 5.92 Å². The van der Waals surface area contributed by atoms with Crippen LogP contribution < -0.4 is 5.32 Å². The van der Waals surface area contributed by atoms with Crippen LogP contribution >= 0.6 is 0 Å². The number of rotatable bonds is 6. The molecule has 1 saturated carbocycles. The minimum Gasteiger partial charge on any atom is -0.310 e. The fraction of sp³-hybridized carbons (Fsp3) is 0.400. The Labute approximate surface area is 128 Å². The molecule has 1 heteroatoms. The van der Waals surface area contributed by atoms with Crippen molar-refractivity contribution >= 4 is 0 Å². The smallest absolute Gasteiger partial charge is 0.0214 e. The maximum absolute atomic E-state index is 3.63. The zero-order valence-corrected chi connectivity index (χ0v) is 13.1. The van der Waals surface area contributed by atoms with Gasteiger partial charge in [0.05, 0.1) is 0 Å². The Kier molecular flexibility index (Phi) is 4.40. The van der Waals surface area contributed by atoms with Crippen molar-refractivity contribution in [3.8, 4) is 11.1 Å². The molecule has 110 valence electrons. The van der Waals surface area contributed by atoms with E-state index in [1.54, 1.807) is 0 Å². The highest BCUT2D eigenvalue weighted by Crippen LogP contribution is 2.26. The van der Waals surface area contributed by atoms with Gasteiger partial charge in [0, 0.05) is 12.6 Å². The normalized spacial score (nSPS) is 14.6. The predicted octanol–water partition coefficient (Wildman–Crippen LogP) is 4.80. The third kappa shape index (κ3) is 3.95. The maximum Gasteiger partial charge on any atom is 0.0214 e. The first-order valence-corrected chi connectivity index (χ1v) is 8.13. The molecule has 1 nitrogen and oxygen atoms in total. The summed E-state index contributed by atoms with van der Waals surface area (Å²) in [5.41, 5.74) is 5.57. The Morgan fingerprint density at radius 2 is 1.86 bits per heavy atom. The van der Waals surface area contributed by atoms with E-state index in [2.05, 4.69) is 67.7 Å². The van der Waals surface area contributed by atoms with Gasteiger partial charge in [0.1, 0.15) is 0 Å². The van der Waals surface area contributed by atoms with E-state index in [1.807, 2.05) is 0 Å². The molecule has 2 aromatic rings. The molecule has 1 aliphatic carbocycles. The van der Waals surface area contributed by atoms with E-state index in [9.17, 15) is 0 Å². The molecule has 0 unspecified atom stereocenters. The summed E-state index contributed by atoms with van der Waals surface area (Å²) in [6.07, 6.45) is 3.83. The van der Waals surface area contributed by atoms with E-state index in [1.165, 1.54) is 35.1 Å². The third-order valence-corrected chi connectivity index (χ3v) is 4.06. The molecule has 0 saturated heterocycles. The summed E-state index contributed by atoms with van der Waals surface area (Å²) >= 11 is 0. The van der Waals surface area contributed by atoms with Crippen LogP contribution in [0.1, 0.15) is 37.8 Å². The number of nitrogens with one attached hydrogen (secondary N) is 1.